The van der Waals surface area contributed by atoms with Crippen LogP contribution in [0.25, 0.3) is 0 Å². The van der Waals surface area contributed by atoms with Crippen molar-refractivity contribution in [3.63, 3.8) is 0 Å². The molecule has 0 unspecified atom stereocenters. The van der Waals surface area contributed by atoms with E-state index in [1.165, 1.54) is 11.3 Å². The molecule has 1 heterocycles. The van der Waals surface area contributed by atoms with Gasteiger partial charge in [0.05, 0.1) is 18.0 Å². The Hall–Kier alpha value is -1.20. The largest absolute Gasteiger partial charge is 0.355 e. The summed E-state index contributed by atoms with van der Waals surface area (Å²) in [5, 5.41) is 4.71. The van der Waals surface area contributed by atoms with E-state index in [1.807, 2.05) is 25.3 Å². The fourth-order valence-electron chi connectivity index (χ4n) is 1.44. The molecule has 5 heteroatoms. The Morgan fingerprint density at radius 2 is 2.11 bits per heavy atom. The molecule has 0 saturated heterocycles. The van der Waals surface area contributed by atoms with Crippen LogP contribution in [-0.2, 0) is 4.79 Å². The van der Waals surface area contributed by atoms with Crippen LogP contribution in [0.3, 0.4) is 0 Å². The number of Topliss-reactive ketones (excluding diaryl/α,β-unsaturated/α-hetero) is 1. The summed E-state index contributed by atoms with van der Waals surface area (Å²) in [6, 6.07) is 3.66. The van der Waals surface area contributed by atoms with Crippen LogP contribution < -0.4 is 5.32 Å². The first-order chi connectivity index (χ1) is 8.49. The number of nitrogens with one attached hydrogen (secondary N) is 1. The molecule has 0 aliphatic heterocycles. The highest BCUT2D eigenvalue weighted by atomic mass is 32.1. The van der Waals surface area contributed by atoms with E-state index in [9.17, 15) is 9.59 Å². The number of hydrogen-bond donors (Lipinski definition) is 1. The third-order valence-electron chi connectivity index (χ3n) is 2.33. The van der Waals surface area contributed by atoms with E-state index >= 15 is 0 Å². The minimum Gasteiger partial charge on any atom is -0.355 e. The molecule has 0 aliphatic rings. The van der Waals surface area contributed by atoms with Gasteiger partial charge in [-0.05, 0) is 24.4 Å². The number of likely N-dealkylation sites (N-methyl/N-ethyl adjacent to an activating group) is 1. The molecule has 18 heavy (non-hydrogen) atoms. The van der Waals surface area contributed by atoms with E-state index in [2.05, 4.69) is 5.32 Å². The van der Waals surface area contributed by atoms with Gasteiger partial charge in [-0.25, -0.2) is 0 Å². The van der Waals surface area contributed by atoms with Crippen molar-refractivity contribution in [3.05, 3.63) is 22.4 Å². The lowest BCUT2D eigenvalue weighted by atomic mass is 10.2. The summed E-state index contributed by atoms with van der Waals surface area (Å²) in [7, 11) is 1.78. The predicted molar refractivity (Wildman–Crippen MR) is 74.0 cm³/mol. The number of carbonyl (C=O) groups is 2. The summed E-state index contributed by atoms with van der Waals surface area (Å²) in [6.07, 6.45) is 0. The van der Waals surface area contributed by atoms with E-state index < -0.39 is 0 Å². The van der Waals surface area contributed by atoms with Crippen molar-refractivity contribution >= 4 is 23.0 Å². The van der Waals surface area contributed by atoms with Gasteiger partial charge >= 0.3 is 0 Å². The van der Waals surface area contributed by atoms with Gasteiger partial charge in [0, 0.05) is 6.54 Å². The summed E-state index contributed by atoms with van der Waals surface area (Å²) in [6.45, 7) is 5.29. The molecule has 0 spiro atoms. The highest BCUT2D eigenvalue weighted by molar-refractivity contribution is 7.12. The Morgan fingerprint density at radius 3 is 2.67 bits per heavy atom. The van der Waals surface area contributed by atoms with Gasteiger partial charge in [0.2, 0.25) is 5.91 Å². The number of carbonyl (C=O) groups excluding carboxylic acids is 2. The molecule has 0 aliphatic carbocycles. The van der Waals surface area contributed by atoms with Crippen molar-refractivity contribution in [1.82, 2.24) is 10.2 Å². The SMILES string of the molecule is CC(C)CNC(=O)CN(C)CC(=O)c1cccs1. The predicted octanol–water partition coefficient (Wildman–Crippen LogP) is 1.63. The first-order valence-electron chi connectivity index (χ1n) is 6.01. The monoisotopic (exact) mass is 268 g/mol. The van der Waals surface area contributed by atoms with E-state index in [-0.39, 0.29) is 24.8 Å². The zero-order valence-electron chi connectivity index (χ0n) is 11.1. The Kier molecular flexibility index (Phi) is 6.01. The average Bonchev–Trinajstić information content (AvgIpc) is 2.79. The molecule has 0 fully saturated rings. The molecule has 0 saturated carbocycles. The third-order valence-corrected chi connectivity index (χ3v) is 3.24. The summed E-state index contributed by atoms with van der Waals surface area (Å²) < 4.78 is 0. The van der Waals surface area contributed by atoms with Crippen molar-refractivity contribution in [2.45, 2.75) is 13.8 Å². The lowest BCUT2D eigenvalue weighted by Gasteiger charge is -2.15. The average molecular weight is 268 g/mol. The fraction of sp³-hybridized carbons (Fsp3) is 0.538. The maximum atomic E-state index is 11.8. The molecule has 0 bridgehead atoms. The van der Waals surface area contributed by atoms with Crippen LogP contribution >= 0.6 is 11.3 Å². The quantitative estimate of drug-likeness (QED) is 0.765. The zero-order valence-corrected chi connectivity index (χ0v) is 11.9. The van der Waals surface area contributed by atoms with Crippen LogP contribution in [0.1, 0.15) is 23.5 Å². The van der Waals surface area contributed by atoms with Crippen LogP contribution in [0.4, 0.5) is 0 Å². The second kappa shape index (κ2) is 7.28. The van der Waals surface area contributed by atoms with Crippen LogP contribution in [0.15, 0.2) is 17.5 Å². The first-order valence-corrected chi connectivity index (χ1v) is 6.89. The van der Waals surface area contributed by atoms with Gasteiger partial charge in [-0.15, -0.1) is 11.3 Å². The Morgan fingerprint density at radius 1 is 1.39 bits per heavy atom. The molecule has 0 aromatic carbocycles. The van der Waals surface area contributed by atoms with Gasteiger partial charge in [-0.3, -0.25) is 14.5 Å². The molecule has 1 rings (SSSR count). The number of hydrogen-bond acceptors (Lipinski definition) is 4. The van der Waals surface area contributed by atoms with Crippen LogP contribution in [0, 0.1) is 5.92 Å². The van der Waals surface area contributed by atoms with Crippen molar-refractivity contribution in [3.8, 4) is 0 Å². The lowest BCUT2D eigenvalue weighted by molar-refractivity contribution is -0.121. The molecule has 0 radical (unpaired) electrons. The summed E-state index contributed by atoms with van der Waals surface area (Å²) in [5.41, 5.74) is 0. The van der Waals surface area contributed by atoms with E-state index in [4.69, 9.17) is 0 Å². The molecule has 1 aromatic rings. The topological polar surface area (TPSA) is 49.4 Å². The maximum absolute atomic E-state index is 11.8. The Balaban J connectivity index is 2.31. The number of nitrogens with zero attached hydrogens (tertiary/aromatic N) is 1. The molecule has 1 N–H and O–H groups in total. The molecule has 1 aromatic heterocycles. The van der Waals surface area contributed by atoms with Gasteiger partial charge < -0.3 is 5.32 Å². The van der Waals surface area contributed by atoms with Crippen LogP contribution in [0.5, 0.6) is 0 Å². The minimum absolute atomic E-state index is 0.0369. The lowest BCUT2D eigenvalue weighted by Crippen LogP contribution is -2.38. The van der Waals surface area contributed by atoms with Crippen LogP contribution in [0.2, 0.25) is 0 Å². The molecular weight excluding hydrogens is 248 g/mol. The number of thiophene rings is 1. The standard InChI is InChI=1S/C13H20N2O2S/c1-10(2)7-14-13(17)9-15(3)8-11(16)12-5-4-6-18-12/h4-6,10H,7-9H2,1-3H3,(H,14,17). The van der Waals surface area contributed by atoms with Crippen molar-refractivity contribution in [2.75, 3.05) is 26.7 Å². The number of ketones is 1. The number of amides is 1. The van der Waals surface area contributed by atoms with E-state index in [0.29, 0.717) is 12.5 Å². The highest BCUT2D eigenvalue weighted by Gasteiger charge is 2.12. The zero-order chi connectivity index (χ0) is 13.5. The van der Waals surface area contributed by atoms with Crippen molar-refractivity contribution in [1.29, 1.82) is 0 Å². The first kappa shape index (κ1) is 14.9. The summed E-state index contributed by atoms with van der Waals surface area (Å²) in [4.78, 5) is 25.8. The van der Waals surface area contributed by atoms with Gasteiger partial charge in [-0.2, -0.15) is 0 Å². The van der Waals surface area contributed by atoms with Crippen LogP contribution in [-0.4, -0.2) is 43.3 Å². The summed E-state index contributed by atoms with van der Waals surface area (Å²) in [5.74, 6) is 0.460. The van der Waals surface area contributed by atoms with Gasteiger partial charge in [0.25, 0.3) is 0 Å². The molecule has 0 atom stereocenters. The molecule has 4 nitrogen and oxygen atoms in total. The Bertz CT molecular complexity index is 388. The fourth-order valence-corrected chi connectivity index (χ4v) is 2.09. The molecule has 100 valence electrons. The third kappa shape index (κ3) is 5.42. The number of rotatable bonds is 7. The van der Waals surface area contributed by atoms with Crippen molar-refractivity contribution < 1.29 is 9.59 Å². The highest BCUT2D eigenvalue weighted by Crippen LogP contribution is 2.09. The van der Waals surface area contributed by atoms with Gasteiger partial charge in [0.15, 0.2) is 5.78 Å². The van der Waals surface area contributed by atoms with Crippen molar-refractivity contribution in [2.24, 2.45) is 5.92 Å². The summed E-state index contributed by atoms with van der Waals surface area (Å²) >= 11 is 1.43. The Labute approximate surface area is 112 Å². The van der Waals surface area contributed by atoms with Gasteiger partial charge in [-0.1, -0.05) is 19.9 Å². The minimum atomic E-state index is -0.0369. The second-order valence-corrected chi connectivity index (χ2v) is 5.72. The van der Waals surface area contributed by atoms with E-state index in [1.54, 1.807) is 18.0 Å². The molecular formula is C13H20N2O2S. The molecule has 1 amide bonds. The smallest absolute Gasteiger partial charge is 0.234 e. The second-order valence-electron chi connectivity index (χ2n) is 4.77. The van der Waals surface area contributed by atoms with E-state index in [0.717, 1.165) is 4.88 Å². The maximum Gasteiger partial charge on any atom is 0.234 e. The van der Waals surface area contributed by atoms with Gasteiger partial charge in [0.1, 0.15) is 0 Å². The normalized spacial score (nSPS) is 10.9.